The van der Waals surface area contributed by atoms with Crippen molar-refractivity contribution in [2.75, 3.05) is 45.8 Å². The van der Waals surface area contributed by atoms with Crippen molar-refractivity contribution in [2.24, 2.45) is 4.99 Å². The van der Waals surface area contributed by atoms with Crippen LogP contribution >= 0.6 is 12.4 Å². The second kappa shape index (κ2) is 11.2. The minimum atomic E-state index is -1.43. The van der Waals surface area contributed by atoms with Gasteiger partial charge in [-0.3, -0.25) is 19.5 Å². The van der Waals surface area contributed by atoms with Crippen LogP contribution in [0.2, 0.25) is 0 Å². The highest BCUT2D eigenvalue weighted by Gasteiger charge is 2.59. The number of carboxylic acid groups (broad SMARTS) is 1. The Morgan fingerprint density at radius 2 is 1.51 bits per heavy atom. The predicted molar refractivity (Wildman–Crippen MR) is 142 cm³/mol. The van der Waals surface area contributed by atoms with E-state index < -0.39 is 30.0 Å². The summed E-state index contributed by atoms with van der Waals surface area (Å²) in [5.41, 5.74) is -0.141. The fourth-order valence-corrected chi connectivity index (χ4v) is 5.65. The van der Waals surface area contributed by atoms with Crippen LogP contribution in [0.3, 0.4) is 0 Å². The van der Waals surface area contributed by atoms with Crippen molar-refractivity contribution in [3.05, 3.63) is 71.8 Å². The average molecular weight is 526 g/mol. The lowest BCUT2D eigenvalue weighted by atomic mass is 9.81. The zero-order valence-electron chi connectivity index (χ0n) is 20.7. The van der Waals surface area contributed by atoms with Gasteiger partial charge in [0.25, 0.3) is 5.91 Å². The molecule has 10 heteroatoms. The predicted octanol–water partition coefficient (Wildman–Crippen LogP) is 2.86. The number of rotatable bonds is 8. The molecule has 2 saturated heterocycles. The molecule has 3 amide bonds. The lowest BCUT2D eigenvalue weighted by Crippen LogP contribution is -2.53. The van der Waals surface area contributed by atoms with Gasteiger partial charge < -0.3 is 19.8 Å². The van der Waals surface area contributed by atoms with Gasteiger partial charge in [0.05, 0.1) is 0 Å². The third-order valence-electron chi connectivity index (χ3n) is 7.17. The van der Waals surface area contributed by atoms with Crippen molar-refractivity contribution >= 4 is 36.3 Å². The number of halogens is 1. The molecule has 3 aliphatic rings. The maximum atomic E-state index is 14.0. The first kappa shape index (κ1) is 26.5. The Morgan fingerprint density at radius 1 is 0.892 bits per heavy atom. The standard InChI is InChI=1S/C27H31N5O4.ClH/c33-23(34)20-31-24(35)27(21-10-3-1-4-11-21,22-12-5-2-6-13-22)32(26(31)36)19-9-18-30-17-8-16-29-15-7-14-28-25(29)30;/h1-6,10-13H,7-9,14-20H2,(H,33,34);1H. The molecule has 9 nitrogen and oxygen atoms in total. The van der Waals surface area contributed by atoms with E-state index in [9.17, 15) is 19.5 Å². The molecule has 37 heavy (non-hydrogen) atoms. The molecule has 0 radical (unpaired) electrons. The Hall–Kier alpha value is -3.59. The molecule has 3 heterocycles. The minimum Gasteiger partial charge on any atom is -0.480 e. The van der Waals surface area contributed by atoms with Gasteiger partial charge in [0.15, 0.2) is 11.5 Å². The molecule has 5 rings (SSSR count). The molecule has 2 aromatic rings. The first-order valence-electron chi connectivity index (χ1n) is 12.5. The van der Waals surface area contributed by atoms with E-state index in [4.69, 9.17) is 4.99 Å². The highest BCUT2D eigenvalue weighted by molar-refractivity contribution is 6.11. The monoisotopic (exact) mass is 525 g/mol. The summed E-state index contributed by atoms with van der Waals surface area (Å²) in [4.78, 5) is 51.0. The van der Waals surface area contributed by atoms with Gasteiger partial charge >= 0.3 is 12.0 Å². The molecule has 196 valence electrons. The number of imide groups is 1. The minimum absolute atomic E-state index is 0. The number of carboxylic acids is 1. The number of aliphatic carboxylic acids is 1. The second-order valence-electron chi connectivity index (χ2n) is 9.38. The molecule has 0 bridgehead atoms. The van der Waals surface area contributed by atoms with Crippen LogP contribution in [-0.4, -0.2) is 94.4 Å². The number of benzene rings is 2. The molecule has 2 aromatic carbocycles. The SMILES string of the molecule is Cl.O=C(O)CN1C(=O)N(CCCN2CCCN3CCCN=C32)C(c2ccccc2)(c2ccccc2)C1=O. The van der Waals surface area contributed by atoms with Crippen LogP contribution in [0.1, 0.15) is 30.4 Å². The van der Waals surface area contributed by atoms with Crippen LogP contribution in [-0.2, 0) is 15.1 Å². The summed E-state index contributed by atoms with van der Waals surface area (Å²) in [6.07, 6.45) is 2.75. The van der Waals surface area contributed by atoms with Crippen molar-refractivity contribution in [2.45, 2.75) is 24.8 Å². The van der Waals surface area contributed by atoms with Crippen molar-refractivity contribution in [3.63, 3.8) is 0 Å². The number of hydrogen-bond acceptors (Lipinski definition) is 6. The van der Waals surface area contributed by atoms with Gasteiger partial charge in [-0.2, -0.15) is 0 Å². The highest BCUT2D eigenvalue weighted by Crippen LogP contribution is 2.43. The van der Waals surface area contributed by atoms with E-state index in [0.29, 0.717) is 30.6 Å². The number of amides is 3. The van der Waals surface area contributed by atoms with Crippen LogP contribution in [0.25, 0.3) is 0 Å². The number of carbonyl (C=O) groups excluding carboxylic acids is 2. The lowest BCUT2D eigenvalue weighted by Gasteiger charge is -2.41. The third-order valence-corrected chi connectivity index (χ3v) is 7.17. The van der Waals surface area contributed by atoms with Crippen molar-refractivity contribution < 1.29 is 19.5 Å². The maximum absolute atomic E-state index is 14.0. The normalized spacial score (nSPS) is 18.9. The topological polar surface area (TPSA) is 96.8 Å². The van der Waals surface area contributed by atoms with E-state index in [-0.39, 0.29) is 12.4 Å². The molecule has 0 aliphatic carbocycles. The number of aliphatic imine (C=N–C) groups is 1. The highest BCUT2D eigenvalue weighted by atomic mass is 35.5. The average Bonchev–Trinajstić information content (AvgIpc) is 3.11. The fourth-order valence-electron chi connectivity index (χ4n) is 5.65. The first-order valence-corrected chi connectivity index (χ1v) is 12.5. The molecule has 1 N–H and O–H groups in total. The van der Waals surface area contributed by atoms with Gasteiger partial charge in [-0.25, -0.2) is 4.79 Å². The van der Waals surface area contributed by atoms with E-state index in [1.165, 1.54) is 0 Å². The molecule has 0 unspecified atom stereocenters. The van der Waals surface area contributed by atoms with Gasteiger partial charge in [0.1, 0.15) is 6.54 Å². The van der Waals surface area contributed by atoms with Crippen LogP contribution < -0.4 is 0 Å². The smallest absolute Gasteiger partial charge is 0.328 e. The van der Waals surface area contributed by atoms with E-state index in [2.05, 4.69) is 9.80 Å². The lowest BCUT2D eigenvalue weighted by molar-refractivity contribution is -0.142. The van der Waals surface area contributed by atoms with Crippen molar-refractivity contribution in [1.82, 2.24) is 19.6 Å². The summed E-state index contributed by atoms with van der Waals surface area (Å²) < 4.78 is 0. The number of guanidine groups is 1. The van der Waals surface area contributed by atoms with E-state index in [0.717, 1.165) is 49.9 Å². The summed E-state index contributed by atoms with van der Waals surface area (Å²) in [6, 6.07) is 17.8. The van der Waals surface area contributed by atoms with Gasteiger partial charge in [0, 0.05) is 39.3 Å². The number of hydrogen-bond donors (Lipinski definition) is 1. The Morgan fingerprint density at radius 3 is 2.14 bits per heavy atom. The zero-order valence-corrected chi connectivity index (χ0v) is 21.5. The van der Waals surface area contributed by atoms with Gasteiger partial charge in [-0.1, -0.05) is 60.7 Å². The largest absolute Gasteiger partial charge is 0.480 e. The molecule has 2 fully saturated rings. The molecule has 0 spiro atoms. The summed E-state index contributed by atoms with van der Waals surface area (Å²) in [6.45, 7) is 4.10. The molecular formula is C27H32ClN5O4. The molecule has 3 aliphatic heterocycles. The first-order chi connectivity index (χ1) is 17.5. The molecule has 0 atom stereocenters. The van der Waals surface area contributed by atoms with Crippen LogP contribution in [0.5, 0.6) is 0 Å². The Bertz CT molecular complexity index is 1120. The molecule has 0 aromatic heterocycles. The summed E-state index contributed by atoms with van der Waals surface area (Å²) >= 11 is 0. The summed E-state index contributed by atoms with van der Waals surface area (Å²) in [5.74, 6) is -0.730. The van der Waals surface area contributed by atoms with Crippen LogP contribution in [0.15, 0.2) is 65.7 Å². The Labute approximate surface area is 222 Å². The third kappa shape index (κ3) is 4.75. The van der Waals surface area contributed by atoms with Gasteiger partial charge in [-0.15, -0.1) is 12.4 Å². The summed E-state index contributed by atoms with van der Waals surface area (Å²) in [5, 5.41) is 9.47. The quantitative estimate of drug-likeness (QED) is 0.532. The van der Waals surface area contributed by atoms with Gasteiger partial charge in [0.2, 0.25) is 0 Å². The number of nitrogens with zero attached hydrogens (tertiary/aromatic N) is 5. The summed E-state index contributed by atoms with van der Waals surface area (Å²) in [7, 11) is 0. The van der Waals surface area contributed by atoms with Gasteiger partial charge in [-0.05, 0) is 30.4 Å². The molecule has 0 saturated carbocycles. The molecular weight excluding hydrogens is 494 g/mol. The number of carbonyl (C=O) groups is 3. The van der Waals surface area contributed by atoms with Crippen molar-refractivity contribution in [1.29, 1.82) is 0 Å². The Balaban J connectivity index is 0.00000320. The van der Waals surface area contributed by atoms with E-state index in [1.54, 1.807) is 4.90 Å². The van der Waals surface area contributed by atoms with Crippen LogP contribution in [0.4, 0.5) is 4.79 Å². The van der Waals surface area contributed by atoms with Crippen LogP contribution in [0, 0.1) is 0 Å². The maximum Gasteiger partial charge on any atom is 0.328 e. The fraction of sp³-hybridized carbons (Fsp3) is 0.407. The Kier molecular flexibility index (Phi) is 8.02. The number of urea groups is 1. The van der Waals surface area contributed by atoms with E-state index >= 15 is 0 Å². The van der Waals surface area contributed by atoms with E-state index in [1.807, 2.05) is 60.7 Å². The zero-order chi connectivity index (χ0) is 25.1. The second-order valence-corrected chi connectivity index (χ2v) is 9.38. The number of fused-ring (bicyclic) bond motifs is 1. The van der Waals surface area contributed by atoms with Crippen molar-refractivity contribution in [3.8, 4) is 0 Å².